The van der Waals surface area contributed by atoms with E-state index in [9.17, 15) is 9.90 Å². The molecule has 0 saturated carbocycles. The van der Waals surface area contributed by atoms with Gasteiger partial charge in [-0.25, -0.2) is 0 Å². The van der Waals surface area contributed by atoms with Crippen molar-refractivity contribution in [3.8, 4) is 16.8 Å². The maximum Gasteiger partial charge on any atom is 0.308 e. The summed E-state index contributed by atoms with van der Waals surface area (Å²) >= 11 is 0. The average Bonchev–Trinajstić information content (AvgIpc) is 3.18. The molecule has 0 aliphatic rings. The van der Waals surface area contributed by atoms with Crippen LogP contribution >= 0.6 is 0 Å². The number of aliphatic hydroxyl groups is 1. The van der Waals surface area contributed by atoms with Crippen LogP contribution in [0.4, 0.5) is 0 Å². The Morgan fingerprint density at radius 2 is 1.79 bits per heavy atom. The van der Waals surface area contributed by atoms with Crippen LogP contribution in [-0.4, -0.2) is 26.2 Å². The molecule has 6 heteroatoms. The lowest BCUT2D eigenvalue weighted by Gasteiger charge is -2.04. The summed E-state index contributed by atoms with van der Waals surface area (Å²) in [6.45, 7) is -0.197. The highest BCUT2D eigenvalue weighted by molar-refractivity contribution is 5.92. The number of aliphatic hydroxyl groups excluding tert-OH is 1. The molecule has 0 unspecified atom stereocenters. The molecule has 1 N–H and O–H groups in total. The van der Waals surface area contributed by atoms with E-state index < -0.39 is 0 Å². The van der Waals surface area contributed by atoms with Crippen LogP contribution in [0.3, 0.4) is 0 Å². The van der Waals surface area contributed by atoms with Gasteiger partial charge in [0.1, 0.15) is 18.6 Å². The van der Waals surface area contributed by atoms with Crippen LogP contribution in [0.1, 0.15) is 16.2 Å². The minimum atomic E-state index is -0.197. The van der Waals surface area contributed by atoms with Crippen LogP contribution in [0.15, 0.2) is 79.1 Å². The molecule has 2 aromatic carbocycles. The van der Waals surface area contributed by atoms with Crippen molar-refractivity contribution in [1.29, 1.82) is 0 Å². The van der Waals surface area contributed by atoms with Crippen LogP contribution in [0, 0.1) is 0 Å². The van der Waals surface area contributed by atoms with Crippen LogP contribution in [0.25, 0.3) is 33.4 Å². The van der Waals surface area contributed by atoms with Crippen LogP contribution in [0.5, 0.6) is 0 Å². The fraction of sp³-hybridized carbons (Fsp3) is 0.0435. The second-order valence-corrected chi connectivity index (χ2v) is 6.73. The normalized spacial score (nSPS) is 11.2. The maximum atomic E-state index is 11.0. The van der Waals surface area contributed by atoms with E-state index in [1.165, 1.54) is 0 Å². The Balaban J connectivity index is 1.82. The lowest BCUT2D eigenvalue weighted by Crippen LogP contribution is -2.25. The number of rotatable bonds is 4. The van der Waals surface area contributed by atoms with E-state index in [2.05, 4.69) is 16.1 Å². The molecule has 0 fully saturated rings. The zero-order valence-corrected chi connectivity index (χ0v) is 15.4. The first-order valence-corrected chi connectivity index (χ1v) is 9.22. The third-order valence-corrected chi connectivity index (χ3v) is 4.99. The van der Waals surface area contributed by atoms with Gasteiger partial charge in [-0.2, -0.15) is 4.40 Å². The number of hydrogen-bond acceptors (Lipinski definition) is 4. The fourth-order valence-electron chi connectivity index (χ4n) is 3.54. The molecule has 3 aromatic heterocycles. The summed E-state index contributed by atoms with van der Waals surface area (Å²) in [5.74, 6) is 0.520. The molecule has 0 aliphatic heterocycles. The van der Waals surface area contributed by atoms with E-state index in [4.69, 9.17) is 0 Å². The third kappa shape index (κ3) is 2.86. The number of pyridine rings is 2. The third-order valence-electron chi connectivity index (χ3n) is 4.99. The summed E-state index contributed by atoms with van der Waals surface area (Å²) in [6, 6.07) is 21.2. The van der Waals surface area contributed by atoms with Gasteiger partial charge in [0.15, 0.2) is 0 Å². The molecule has 6 nitrogen and oxygen atoms in total. The molecular formula is C23H17N4O2+. The molecule has 5 rings (SSSR count). The Bertz CT molecular complexity index is 1340. The quantitative estimate of drug-likeness (QED) is 0.383. The number of fused-ring (bicyclic) bond motifs is 3. The van der Waals surface area contributed by atoms with E-state index in [1.807, 2.05) is 65.3 Å². The Kier molecular flexibility index (Phi) is 4.11. The molecule has 0 bridgehead atoms. The topological polar surface area (TPSA) is 72.1 Å². The van der Waals surface area contributed by atoms with Crippen molar-refractivity contribution in [1.82, 2.24) is 14.8 Å². The minimum Gasteiger partial charge on any atom is -0.385 e. The van der Waals surface area contributed by atoms with Crippen molar-refractivity contribution in [3.05, 3.63) is 90.5 Å². The van der Waals surface area contributed by atoms with Crippen molar-refractivity contribution in [2.24, 2.45) is 0 Å². The van der Waals surface area contributed by atoms with Crippen LogP contribution in [0.2, 0.25) is 0 Å². The molecule has 0 amide bonds. The van der Waals surface area contributed by atoms with Gasteiger partial charge in [-0.3, -0.25) is 9.78 Å². The van der Waals surface area contributed by atoms with Gasteiger partial charge < -0.3 is 5.11 Å². The predicted octanol–water partition coefficient (Wildman–Crippen LogP) is 3.13. The summed E-state index contributed by atoms with van der Waals surface area (Å²) in [6.07, 6.45) is 4.53. The molecule has 0 atom stereocenters. The lowest BCUT2D eigenvalue weighted by atomic mass is 10.1. The second-order valence-electron chi connectivity index (χ2n) is 6.73. The van der Waals surface area contributed by atoms with Crippen molar-refractivity contribution in [2.45, 2.75) is 6.61 Å². The first-order chi connectivity index (χ1) is 14.3. The van der Waals surface area contributed by atoms with Crippen molar-refractivity contribution in [2.75, 3.05) is 0 Å². The van der Waals surface area contributed by atoms with Crippen molar-refractivity contribution in [3.63, 3.8) is 0 Å². The Hall–Kier alpha value is -3.90. The summed E-state index contributed by atoms with van der Waals surface area (Å²) in [7, 11) is 0. The number of hydrogen-bond donors (Lipinski definition) is 1. The number of carbonyl (C=O) groups is 1. The van der Waals surface area contributed by atoms with Gasteiger partial charge in [0.2, 0.25) is 0 Å². The molecule has 140 valence electrons. The van der Waals surface area contributed by atoms with Crippen molar-refractivity contribution >= 4 is 22.8 Å². The number of aldehydes is 1. The van der Waals surface area contributed by atoms with Gasteiger partial charge in [0.25, 0.3) is 5.65 Å². The number of benzene rings is 2. The zero-order chi connectivity index (χ0) is 19.8. The average molecular weight is 381 g/mol. The highest BCUT2D eigenvalue weighted by Crippen LogP contribution is 2.25. The van der Waals surface area contributed by atoms with Gasteiger partial charge in [0.05, 0.1) is 17.1 Å². The monoisotopic (exact) mass is 381 g/mol. The predicted molar refractivity (Wildman–Crippen MR) is 109 cm³/mol. The molecule has 0 saturated heterocycles. The van der Waals surface area contributed by atoms with E-state index in [-0.39, 0.29) is 6.61 Å². The van der Waals surface area contributed by atoms with Gasteiger partial charge in [-0.1, -0.05) is 35.0 Å². The molecule has 29 heavy (non-hydrogen) atoms. The van der Waals surface area contributed by atoms with E-state index >= 15 is 0 Å². The highest BCUT2D eigenvalue weighted by Gasteiger charge is 2.23. The maximum absolute atomic E-state index is 11.0. The first kappa shape index (κ1) is 17.2. The largest absolute Gasteiger partial charge is 0.385 e. The molecule has 0 radical (unpaired) electrons. The summed E-state index contributed by atoms with van der Waals surface area (Å²) in [5.41, 5.74) is 5.10. The van der Waals surface area contributed by atoms with E-state index in [1.54, 1.807) is 16.8 Å². The van der Waals surface area contributed by atoms with E-state index in [0.29, 0.717) is 11.4 Å². The first-order valence-electron chi connectivity index (χ1n) is 9.22. The Morgan fingerprint density at radius 1 is 1.00 bits per heavy atom. The second kappa shape index (κ2) is 6.92. The number of aromatic nitrogens is 4. The number of nitrogens with zero attached hydrogens (tertiary/aromatic N) is 4. The summed E-state index contributed by atoms with van der Waals surface area (Å²) in [5, 5.41) is 15.3. The Morgan fingerprint density at radius 3 is 2.52 bits per heavy atom. The van der Waals surface area contributed by atoms with Gasteiger partial charge in [-0.15, -0.1) is 0 Å². The van der Waals surface area contributed by atoms with E-state index in [0.717, 1.165) is 39.7 Å². The van der Waals surface area contributed by atoms with Crippen molar-refractivity contribution < 1.29 is 14.3 Å². The fourth-order valence-corrected chi connectivity index (χ4v) is 3.54. The minimum absolute atomic E-state index is 0.197. The SMILES string of the molecule is O=Cc1ccc(-n2nc(CO)[n+]3ccc4ncc(-c5ccccc5)cc4c23)cc1. The molecule has 3 heterocycles. The number of carbonyl (C=O) groups excluding carboxylic acids is 1. The highest BCUT2D eigenvalue weighted by atomic mass is 16.3. The lowest BCUT2D eigenvalue weighted by molar-refractivity contribution is -0.524. The zero-order valence-electron chi connectivity index (χ0n) is 15.4. The van der Waals surface area contributed by atoms with Gasteiger partial charge in [-0.05, 0) is 42.0 Å². The van der Waals surface area contributed by atoms with Gasteiger partial charge >= 0.3 is 5.82 Å². The molecular weight excluding hydrogens is 364 g/mol. The summed E-state index contributed by atoms with van der Waals surface area (Å²) in [4.78, 5) is 15.6. The molecule has 0 aliphatic carbocycles. The summed E-state index contributed by atoms with van der Waals surface area (Å²) < 4.78 is 3.64. The Labute approximate surface area is 166 Å². The molecule has 0 spiro atoms. The van der Waals surface area contributed by atoms with Crippen LogP contribution < -0.4 is 4.40 Å². The standard InChI is InChI=1S/C23H17N4O2/c28-14-16-6-8-19(9-7-16)27-23-20-12-18(17-4-2-1-3-5-17)13-24-21(20)10-11-26(23)22(15-29)25-27/h1-14,29H,15H2/q+1. The molecule has 5 aromatic rings. The van der Waals surface area contributed by atoms with Crippen LogP contribution in [-0.2, 0) is 6.61 Å². The van der Waals surface area contributed by atoms with Gasteiger partial charge in [0, 0.05) is 22.4 Å². The smallest absolute Gasteiger partial charge is 0.308 e.